The van der Waals surface area contributed by atoms with Gasteiger partial charge in [-0.1, -0.05) is 19.3 Å². The van der Waals surface area contributed by atoms with Crippen LogP contribution in [0.15, 0.2) is 4.99 Å². The van der Waals surface area contributed by atoms with E-state index in [1.54, 1.807) is 0 Å². The third kappa shape index (κ3) is 3.56. The van der Waals surface area contributed by atoms with Crippen molar-refractivity contribution < 1.29 is 4.79 Å². The van der Waals surface area contributed by atoms with Crippen molar-refractivity contribution in [2.45, 2.75) is 69.2 Å². The van der Waals surface area contributed by atoms with E-state index < -0.39 is 0 Å². The molecule has 0 bridgehead atoms. The van der Waals surface area contributed by atoms with Crippen molar-refractivity contribution in [2.75, 3.05) is 0 Å². The van der Waals surface area contributed by atoms with E-state index in [-0.39, 0.29) is 6.04 Å². The van der Waals surface area contributed by atoms with Crippen LogP contribution in [-0.4, -0.2) is 17.5 Å². The van der Waals surface area contributed by atoms with Crippen molar-refractivity contribution in [2.24, 2.45) is 16.8 Å². The third-order valence-corrected chi connectivity index (χ3v) is 4.96. The monoisotopic (exact) mass is 255 g/mol. The van der Waals surface area contributed by atoms with E-state index in [0.717, 1.165) is 25.7 Å². The van der Waals surface area contributed by atoms with Gasteiger partial charge >= 0.3 is 0 Å². The molecule has 0 radical (unpaired) electrons. The number of halogens is 1. The predicted octanol–water partition coefficient (Wildman–Crippen LogP) is 4.07. The van der Waals surface area contributed by atoms with Gasteiger partial charge in [0.1, 0.15) is 0 Å². The van der Waals surface area contributed by atoms with Gasteiger partial charge in [-0.25, -0.2) is 9.79 Å². The van der Waals surface area contributed by atoms with Gasteiger partial charge in [-0.15, -0.1) is 11.6 Å². The molecule has 0 saturated heterocycles. The summed E-state index contributed by atoms with van der Waals surface area (Å²) in [6.45, 7) is 0. The largest absolute Gasteiger partial charge is 0.235 e. The van der Waals surface area contributed by atoms with E-state index in [0.29, 0.717) is 17.2 Å². The van der Waals surface area contributed by atoms with Crippen molar-refractivity contribution in [1.29, 1.82) is 0 Å². The number of hydrogen-bond acceptors (Lipinski definition) is 2. The Bertz CT molecular complexity index is 274. The minimum absolute atomic E-state index is 0.233. The van der Waals surface area contributed by atoms with Crippen molar-refractivity contribution in [3.05, 3.63) is 0 Å². The third-order valence-electron chi connectivity index (χ3n) is 4.52. The molecule has 2 aliphatic carbocycles. The Morgan fingerprint density at radius 1 is 0.941 bits per heavy atom. The van der Waals surface area contributed by atoms with Gasteiger partial charge in [0.15, 0.2) is 0 Å². The zero-order valence-electron chi connectivity index (χ0n) is 10.4. The zero-order valence-corrected chi connectivity index (χ0v) is 11.2. The van der Waals surface area contributed by atoms with Crippen LogP contribution in [0.4, 0.5) is 0 Å². The van der Waals surface area contributed by atoms with Crippen LogP contribution in [0, 0.1) is 11.8 Å². The molecule has 0 amide bonds. The summed E-state index contributed by atoms with van der Waals surface area (Å²) >= 11 is 6.14. The van der Waals surface area contributed by atoms with Gasteiger partial charge < -0.3 is 0 Å². The lowest BCUT2D eigenvalue weighted by Crippen LogP contribution is -2.32. The number of carbonyl (C=O) groups excluding carboxylic acids is 1. The first-order valence-electron chi connectivity index (χ1n) is 7.02. The highest BCUT2D eigenvalue weighted by molar-refractivity contribution is 6.20. The molecule has 0 aromatic carbocycles. The molecular weight excluding hydrogens is 234 g/mol. The number of nitrogens with zero attached hydrogens (tertiary/aromatic N) is 1. The number of hydrogen-bond donors (Lipinski definition) is 0. The fourth-order valence-electron chi connectivity index (χ4n) is 3.55. The minimum Gasteiger partial charge on any atom is -0.211 e. The van der Waals surface area contributed by atoms with Crippen LogP contribution in [0.1, 0.15) is 57.8 Å². The summed E-state index contributed by atoms with van der Waals surface area (Å²) in [6.07, 6.45) is 12.7. The molecule has 1 atom stereocenters. The van der Waals surface area contributed by atoms with E-state index in [2.05, 4.69) is 4.99 Å². The molecule has 17 heavy (non-hydrogen) atoms. The van der Waals surface area contributed by atoms with Crippen LogP contribution < -0.4 is 0 Å². The van der Waals surface area contributed by atoms with E-state index >= 15 is 0 Å². The normalized spacial score (nSPS) is 32.8. The molecule has 0 N–H and O–H groups in total. The average molecular weight is 256 g/mol. The first-order chi connectivity index (χ1) is 8.31. The maximum Gasteiger partial charge on any atom is 0.235 e. The summed E-state index contributed by atoms with van der Waals surface area (Å²) in [4.78, 5) is 14.8. The van der Waals surface area contributed by atoms with E-state index in [1.165, 1.54) is 32.1 Å². The first kappa shape index (κ1) is 13.1. The summed E-state index contributed by atoms with van der Waals surface area (Å²) in [7, 11) is 0. The van der Waals surface area contributed by atoms with Gasteiger partial charge in [0.2, 0.25) is 6.08 Å². The SMILES string of the molecule is O=C=NC(C1CCCCC1)C1CCC(Cl)CC1. The highest BCUT2D eigenvalue weighted by Crippen LogP contribution is 2.38. The lowest BCUT2D eigenvalue weighted by molar-refractivity contribution is 0.207. The molecule has 96 valence electrons. The summed E-state index contributed by atoms with van der Waals surface area (Å²) < 4.78 is 0. The number of isocyanates is 1. The Morgan fingerprint density at radius 2 is 1.53 bits per heavy atom. The Kier molecular flexibility index (Phi) is 5.06. The fourth-order valence-corrected chi connectivity index (χ4v) is 3.80. The number of aliphatic imine (C=N–C) groups is 1. The Hall–Kier alpha value is -0.330. The van der Waals surface area contributed by atoms with Gasteiger partial charge in [0, 0.05) is 5.38 Å². The fraction of sp³-hybridized carbons (Fsp3) is 0.929. The number of alkyl halides is 1. The lowest BCUT2D eigenvalue weighted by atomic mass is 9.74. The Balaban J connectivity index is 1.98. The quantitative estimate of drug-likeness (QED) is 0.425. The highest BCUT2D eigenvalue weighted by atomic mass is 35.5. The molecule has 0 heterocycles. The van der Waals surface area contributed by atoms with Crippen molar-refractivity contribution in [3.63, 3.8) is 0 Å². The molecule has 2 nitrogen and oxygen atoms in total. The summed E-state index contributed by atoms with van der Waals surface area (Å²) in [5.41, 5.74) is 0. The Morgan fingerprint density at radius 3 is 2.12 bits per heavy atom. The van der Waals surface area contributed by atoms with Crippen LogP contribution in [0.2, 0.25) is 0 Å². The minimum atomic E-state index is 0.233. The van der Waals surface area contributed by atoms with Crippen molar-refractivity contribution in [1.82, 2.24) is 0 Å². The molecule has 3 heteroatoms. The van der Waals surface area contributed by atoms with Gasteiger partial charge in [-0.3, -0.25) is 0 Å². The number of rotatable bonds is 3. The zero-order chi connectivity index (χ0) is 12.1. The second kappa shape index (κ2) is 6.56. The molecule has 0 aromatic heterocycles. The molecule has 2 saturated carbocycles. The van der Waals surface area contributed by atoms with Crippen LogP contribution in [0.5, 0.6) is 0 Å². The van der Waals surface area contributed by atoms with Gasteiger partial charge in [-0.2, -0.15) is 0 Å². The van der Waals surface area contributed by atoms with Crippen molar-refractivity contribution in [3.8, 4) is 0 Å². The van der Waals surface area contributed by atoms with Crippen LogP contribution in [-0.2, 0) is 4.79 Å². The van der Waals surface area contributed by atoms with Crippen LogP contribution >= 0.6 is 11.6 Å². The smallest absolute Gasteiger partial charge is 0.211 e. The standard InChI is InChI=1S/C14H22ClNO/c15-13-8-6-12(7-9-13)14(16-10-17)11-4-2-1-3-5-11/h11-14H,1-9H2. The predicted molar refractivity (Wildman–Crippen MR) is 70.1 cm³/mol. The second-order valence-corrected chi connectivity index (χ2v) is 6.24. The topological polar surface area (TPSA) is 29.4 Å². The van der Waals surface area contributed by atoms with E-state index in [9.17, 15) is 4.79 Å². The van der Waals surface area contributed by atoms with Gasteiger partial charge in [-0.05, 0) is 50.4 Å². The Labute approximate surface area is 109 Å². The molecule has 2 fully saturated rings. The highest BCUT2D eigenvalue weighted by Gasteiger charge is 2.32. The summed E-state index contributed by atoms with van der Waals surface area (Å²) in [5, 5.41) is 0.346. The van der Waals surface area contributed by atoms with Gasteiger partial charge in [0.25, 0.3) is 0 Å². The molecule has 0 spiro atoms. The molecule has 2 rings (SSSR count). The van der Waals surface area contributed by atoms with E-state index in [1.807, 2.05) is 6.08 Å². The average Bonchev–Trinajstić information content (AvgIpc) is 2.38. The van der Waals surface area contributed by atoms with Crippen molar-refractivity contribution >= 4 is 17.7 Å². The maximum atomic E-state index is 10.6. The van der Waals surface area contributed by atoms with Gasteiger partial charge in [0.05, 0.1) is 6.04 Å². The van der Waals surface area contributed by atoms with Crippen LogP contribution in [0.3, 0.4) is 0 Å². The molecule has 0 aliphatic heterocycles. The molecular formula is C14H22ClNO. The summed E-state index contributed by atoms with van der Waals surface area (Å²) in [6, 6.07) is 0.233. The maximum absolute atomic E-state index is 10.6. The van der Waals surface area contributed by atoms with E-state index in [4.69, 9.17) is 11.6 Å². The lowest BCUT2D eigenvalue weighted by Gasteiger charge is -2.35. The first-order valence-corrected chi connectivity index (χ1v) is 7.46. The molecule has 2 aliphatic rings. The molecule has 0 aromatic rings. The van der Waals surface area contributed by atoms with Crippen LogP contribution in [0.25, 0.3) is 0 Å². The molecule has 1 unspecified atom stereocenters. The summed E-state index contributed by atoms with van der Waals surface area (Å²) in [5.74, 6) is 1.21. The second-order valence-electron chi connectivity index (χ2n) is 5.62.